The molecule has 0 aliphatic heterocycles. The highest BCUT2D eigenvalue weighted by molar-refractivity contribution is 4.85. The molecule has 3 heteroatoms. The maximum atomic E-state index is 9.32. The van der Waals surface area contributed by atoms with Gasteiger partial charge in [0.2, 0.25) is 0 Å². The Morgan fingerprint density at radius 2 is 2.12 bits per heavy atom. The molecule has 0 aromatic carbocycles. The van der Waals surface area contributed by atoms with Gasteiger partial charge in [-0.15, -0.1) is 0 Å². The van der Waals surface area contributed by atoms with Gasteiger partial charge in [-0.1, -0.05) is 13.3 Å². The summed E-state index contributed by atoms with van der Waals surface area (Å²) in [7, 11) is 2.17. The Labute approximate surface area is 100 Å². The van der Waals surface area contributed by atoms with E-state index >= 15 is 0 Å². The van der Waals surface area contributed by atoms with Gasteiger partial charge < -0.3 is 15.7 Å². The van der Waals surface area contributed by atoms with Crippen LogP contribution in [0.5, 0.6) is 0 Å². The number of aliphatic hydroxyl groups excluding tert-OH is 1. The lowest BCUT2D eigenvalue weighted by atomic mass is 9.78. The summed E-state index contributed by atoms with van der Waals surface area (Å²) in [4.78, 5) is 2.40. The molecule has 0 amide bonds. The highest BCUT2D eigenvalue weighted by Crippen LogP contribution is 2.31. The van der Waals surface area contributed by atoms with E-state index in [1.807, 2.05) is 6.92 Å². The third-order valence-electron chi connectivity index (χ3n) is 3.99. The van der Waals surface area contributed by atoms with E-state index in [2.05, 4.69) is 18.9 Å². The van der Waals surface area contributed by atoms with Crippen molar-refractivity contribution >= 4 is 0 Å². The summed E-state index contributed by atoms with van der Waals surface area (Å²) in [5.41, 5.74) is 5.86. The van der Waals surface area contributed by atoms with Crippen molar-refractivity contribution in [3.63, 3.8) is 0 Å². The Bertz CT molecular complexity index is 196. The van der Waals surface area contributed by atoms with Crippen LogP contribution in [0.3, 0.4) is 0 Å². The van der Waals surface area contributed by atoms with E-state index in [4.69, 9.17) is 5.73 Å². The Balaban J connectivity index is 2.46. The van der Waals surface area contributed by atoms with Crippen molar-refractivity contribution in [3.8, 4) is 0 Å². The minimum Gasteiger partial charge on any atom is -0.393 e. The van der Waals surface area contributed by atoms with Gasteiger partial charge in [0, 0.05) is 12.6 Å². The van der Waals surface area contributed by atoms with E-state index in [1.165, 1.54) is 19.3 Å². The molecular formula is C13H28N2O. The fourth-order valence-electron chi connectivity index (χ4n) is 2.78. The van der Waals surface area contributed by atoms with Crippen LogP contribution in [0.1, 0.15) is 39.5 Å². The fourth-order valence-corrected chi connectivity index (χ4v) is 2.78. The Morgan fingerprint density at radius 3 is 2.69 bits per heavy atom. The van der Waals surface area contributed by atoms with E-state index in [0.717, 1.165) is 25.4 Å². The molecule has 0 aromatic heterocycles. The van der Waals surface area contributed by atoms with Gasteiger partial charge in [0.25, 0.3) is 0 Å². The minimum atomic E-state index is -0.195. The third kappa shape index (κ3) is 4.04. The molecule has 1 aliphatic rings. The average molecular weight is 228 g/mol. The highest BCUT2D eigenvalue weighted by atomic mass is 16.3. The molecule has 1 fully saturated rings. The summed E-state index contributed by atoms with van der Waals surface area (Å²) < 4.78 is 0. The molecule has 0 aromatic rings. The molecule has 0 spiro atoms. The normalized spacial score (nSPS) is 33.0. The standard InChI is InChI=1S/C13H28N2O/c1-10-4-5-12(9-14)13(8-10)15(3)7-6-11(2)16/h10-13,16H,4-9,14H2,1-3H3. The first-order valence-corrected chi connectivity index (χ1v) is 6.63. The summed E-state index contributed by atoms with van der Waals surface area (Å²) in [6, 6.07) is 0.618. The van der Waals surface area contributed by atoms with E-state index in [-0.39, 0.29) is 6.10 Å². The second-order valence-electron chi connectivity index (χ2n) is 5.60. The van der Waals surface area contributed by atoms with Gasteiger partial charge >= 0.3 is 0 Å². The number of hydrogen-bond donors (Lipinski definition) is 2. The second kappa shape index (κ2) is 6.58. The topological polar surface area (TPSA) is 49.5 Å². The van der Waals surface area contributed by atoms with Crippen LogP contribution < -0.4 is 5.73 Å². The molecule has 4 unspecified atom stereocenters. The molecule has 1 aliphatic carbocycles. The summed E-state index contributed by atoms with van der Waals surface area (Å²) in [6.07, 6.45) is 4.51. The third-order valence-corrected chi connectivity index (χ3v) is 3.99. The number of nitrogens with two attached hydrogens (primary N) is 1. The molecule has 0 bridgehead atoms. The average Bonchev–Trinajstić information content (AvgIpc) is 2.25. The minimum absolute atomic E-state index is 0.195. The van der Waals surface area contributed by atoms with Crippen LogP contribution in [-0.4, -0.2) is 42.3 Å². The number of nitrogens with zero attached hydrogens (tertiary/aromatic N) is 1. The molecule has 4 atom stereocenters. The SMILES string of the molecule is CC(O)CCN(C)C1CC(C)CCC1CN. The predicted molar refractivity (Wildman–Crippen MR) is 68.3 cm³/mol. The van der Waals surface area contributed by atoms with Crippen molar-refractivity contribution in [2.45, 2.75) is 51.7 Å². The zero-order chi connectivity index (χ0) is 12.1. The van der Waals surface area contributed by atoms with Crippen LogP contribution in [0.4, 0.5) is 0 Å². The first-order valence-electron chi connectivity index (χ1n) is 6.63. The zero-order valence-corrected chi connectivity index (χ0v) is 11.0. The molecule has 0 saturated heterocycles. The van der Waals surface area contributed by atoms with Crippen LogP contribution in [0.25, 0.3) is 0 Å². The molecular weight excluding hydrogens is 200 g/mol. The smallest absolute Gasteiger partial charge is 0.0524 e. The summed E-state index contributed by atoms with van der Waals surface area (Å²) in [6.45, 7) is 5.97. The van der Waals surface area contributed by atoms with Crippen molar-refractivity contribution in [2.24, 2.45) is 17.6 Å². The van der Waals surface area contributed by atoms with Gasteiger partial charge in [-0.05, 0) is 51.6 Å². The monoisotopic (exact) mass is 228 g/mol. The van der Waals surface area contributed by atoms with Crippen LogP contribution in [0, 0.1) is 11.8 Å². The molecule has 16 heavy (non-hydrogen) atoms. The van der Waals surface area contributed by atoms with Crippen molar-refractivity contribution in [3.05, 3.63) is 0 Å². The highest BCUT2D eigenvalue weighted by Gasteiger charge is 2.30. The molecule has 3 nitrogen and oxygen atoms in total. The Kier molecular flexibility index (Phi) is 5.73. The van der Waals surface area contributed by atoms with Crippen LogP contribution in [0.2, 0.25) is 0 Å². The van der Waals surface area contributed by atoms with Crippen LogP contribution >= 0.6 is 0 Å². The lowest BCUT2D eigenvalue weighted by Gasteiger charge is -2.40. The van der Waals surface area contributed by atoms with Gasteiger partial charge in [0.15, 0.2) is 0 Å². The molecule has 3 N–H and O–H groups in total. The molecule has 96 valence electrons. The van der Waals surface area contributed by atoms with Gasteiger partial charge in [-0.25, -0.2) is 0 Å². The van der Waals surface area contributed by atoms with Crippen molar-refractivity contribution < 1.29 is 5.11 Å². The van der Waals surface area contributed by atoms with Gasteiger partial charge in [0.05, 0.1) is 6.10 Å². The van der Waals surface area contributed by atoms with E-state index in [9.17, 15) is 5.11 Å². The molecule has 1 rings (SSSR count). The van der Waals surface area contributed by atoms with Gasteiger partial charge in [-0.3, -0.25) is 0 Å². The second-order valence-corrected chi connectivity index (χ2v) is 5.60. The quantitative estimate of drug-likeness (QED) is 0.749. The summed E-state index contributed by atoms with van der Waals surface area (Å²) in [5, 5.41) is 9.32. The molecule has 0 heterocycles. The van der Waals surface area contributed by atoms with E-state index < -0.39 is 0 Å². The van der Waals surface area contributed by atoms with Crippen molar-refractivity contribution in [1.82, 2.24) is 4.90 Å². The fraction of sp³-hybridized carbons (Fsp3) is 1.00. The van der Waals surface area contributed by atoms with Gasteiger partial charge in [0.1, 0.15) is 0 Å². The summed E-state index contributed by atoms with van der Waals surface area (Å²) in [5.74, 6) is 1.47. The first-order chi connectivity index (χ1) is 7.54. The lowest BCUT2D eigenvalue weighted by Crippen LogP contribution is -2.45. The Morgan fingerprint density at radius 1 is 1.44 bits per heavy atom. The van der Waals surface area contributed by atoms with Crippen molar-refractivity contribution in [2.75, 3.05) is 20.1 Å². The zero-order valence-electron chi connectivity index (χ0n) is 11.0. The molecule has 1 saturated carbocycles. The van der Waals surface area contributed by atoms with Crippen molar-refractivity contribution in [1.29, 1.82) is 0 Å². The summed E-state index contributed by atoms with van der Waals surface area (Å²) >= 11 is 0. The number of rotatable bonds is 5. The maximum Gasteiger partial charge on any atom is 0.0524 e. The Hall–Kier alpha value is -0.120. The number of aliphatic hydroxyl groups is 1. The maximum absolute atomic E-state index is 9.32. The number of hydrogen-bond acceptors (Lipinski definition) is 3. The van der Waals surface area contributed by atoms with Crippen LogP contribution in [0.15, 0.2) is 0 Å². The van der Waals surface area contributed by atoms with E-state index in [0.29, 0.717) is 12.0 Å². The predicted octanol–water partition coefficient (Wildman–Crippen LogP) is 1.45. The molecule has 0 radical (unpaired) electrons. The largest absolute Gasteiger partial charge is 0.393 e. The van der Waals surface area contributed by atoms with Gasteiger partial charge in [-0.2, -0.15) is 0 Å². The van der Waals surface area contributed by atoms with E-state index in [1.54, 1.807) is 0 Å². The first kappa shape index (κ1) is 13.9. The van der Waals surface area contributed by atoms with Crippen LogP contribution in [-0.2, 0) is 0 Å². The lowest BCUT2D eigenvalue weighted by molar-refractivity contribution is 0.0896.